The van der Waals surface area contributed by atoms with Gasteiger partial charge in [-0.05, 0) is 58.8 Å². The number of methoxy groups -OCH3 is 1. The topological polar surface area (TPSA) is 88.1 Å². The average molecular weight is 538 g/mol. The van der Waals surface area contributed by atoms with Crippen LogP contribution in [-0.2, 0) is 14.8 Å². The van der Waals surface area contributed by atoms with Gasteiger partial charge in [0.15, 0.2) is 0 Å². The van der Waals surface area contributed by atoms with Crippen LogP contribution in [0.2, 0.25) is 0 Å². The number of sulfonamides is 1. The van der Waals surface area contributed by atoms with Gasteiger partial charge in [0.05, 0.1) is 23.9 Å². The number of hydrogen-bond donors (Lipinski definition) is 1. The van der Waals surface area contributed by atoms with E-state index in [1.807, 2.05) is 55.5 Å². The quantitative estimate of drug-likeness (QED) is 0.157. The molecule has 0 radical (unpaired) electrons. The van der Waals surface area contributed by atoms with E-state index in [2.05, 4.69) is 16.6 Å². The van der Waals surface area contributed by atoms with Gasteiger partial charge in [-0.3, -0.25) is 9.10 Å². The number of benzene rings is 5. The largest absolute Gasteiger partial charge is 0.495 e. The van der Waals surface area contributed by atoms with E-state index in [9.17, 15) is 13.2 Å². The van der Waals surface area contributed by atoms with Crippen LogP contribution in [0.5, 0.6) is 5.75 Å². The molecule has 0 aliphatic carbocycles. The Morgan fingerprint density at radius 1 is 0.872 bits per heavy atom. The molecule has 7 nitrogen and oxygen atoms in total. The normalized spacial score (nSPS) is 11.6. The molecular weight excluding hydrogens is 510 g/mol. The minimum Gasteiger partial charge on any atom is -0.495 e. The third kappa shape index (κ3) is 5.32. The summed E-state index contributed by atoms with van der Waals surface area (Å²) < 4.78 is 33.8. The van der Waals surface area contributed by atoms with Crippen molar-refractivity contribution < 1.29 is 17.9 Å². The average Bonchev–Trinajstić information content (AvgIpc) is 2.95. The van der Waals surface area contributed by atoms with Crippen LogP contribution in [0.1, 0.15) is 11.1 Å². The minimum atomic E-state index is -4.09. The highest BCUT2D eigenvalue weighted by Gasteiger charge is 2.29. The predicted octanol–water partition coefficient (Wildman–Crippen LogP) is 5.66. The number of hydrogen-bond acceptors (Lipinski definition) is 5. The molecule has 39 heavy (non-hydrogen) atoms. The van der Waals surface area contributed by atoms with E-state index in [-0.39, 0.29) is 10.6 Å². The fourth-order valence-electron chi connectivity index (χ4n) is 4.50. The van der Waals surface area contributed by atoms with Crippen LogP contribution in [0.25, 0.3) is 21.5 Å². The number of hydrazone groups is 1. The van der Waals surface area contributed by atoms with Crippen molar-refractivity contribution in [3.63, 3.8) is 0 Å². The second-order valence-electron chi connectivity index (χ2n) is 9.02. The van der Waals surface area contributed by atoms with Crippen LogP contribution in [0.3, 0.4) is 0 Å². The lowest BCUT2D eigenvalue weighted by Crippen LogP contribution is -2.39. The van der Waals surface area contributed by atoms with E-state index in [1.54, 1.807) is 42.6 Å². The van der Waals surface area contributed by atoms with Crippen LogP contribution in [0.15, 0.2) is 113 Å². The third-order valence-corrected chi connectivity index (χ3v) is 8.22. The molecule has 0 bridgehead atoms. The maximum absolute atomic E-state index is 13.7. The maximum Gasteiger partial charge on any atom is 0.264 e. The van der Waals surface area contributed by atoms with Crippen LogP contribution in [0.4, 0.5) is 5.69 Å². The Balaban J connectivity index is 1.46. The number of para-hydroxylation sites is 2. The summed E-state index contributed by atoms with van der Waals surface area (Å²) in [6, 6.07) is 31.2. The molecule has 1 N–H and O–H groups in total. The van der Waals surface area contributed by atoms with Gasteiger partial charge >= 0.3 is 0 Å². The SMILES string of the molecule is COc1ccccc1N(CC(=O)N/N=C\c1c2ccccc2cc2ccccc12)S(=O)(=O)c1ccc(C)cc1. The van der Waals surface area contributed by atoms with Gasteiger partial charge in [0, 0.05) is 5.56 Å². The highest BCUT2D eigenvalue weighted by atomic mass is 32.2. The number of rotatable bonds is 8. The summed E-state index contributed by atoms with van der Waals surface area (Å²) in [5.74, 6) is -0.274. The van der Waals surface area contributed by atoms with Gasteiger partial charge in [0.1, 0.15) is 12.3 Å². The molecule has 0 aromatic heterocycles. The molecule has 0 saturated heterocycles. The van der Waals surface area contributed by atoms with Crippen molar-refractivity contribution in [2.45, 2.75) is 11.8 Å². The number of amides is 1. The summed E-state index contributed by atoms with van der Waals surface area (Å²) in [6.07, 6.45) is 1.60. The number of fused-ring (bicyclic) bond motifs is 2. The Morgan fingerprint density at radius 2 is 1.46 bits per heavy atom. The molecule has 0 fully saturated rings. The Labute approximate surface area is 227 Å². The highest BCUT2D eigenvalue weighted by molar-refractivity contribution is 7.92. The molecule has 8 heteroatoms. The molecule has 0 saturated carbocycles. The third-order valence-electron chi connectivity index (χ3n) is 6.45. The highest BCUT2D eigenvalue weighted by Crippen LogP contribution is 2.32. The first-order chi connectivity index (χ1) is 18.9. The van der Waals surface area contributed by atoms with Crippen molar-refractivity contribution in [3.05, 3.63) is 114 Å². The van der Waals surface area contributed by atoms with Gasteiger partial charge in [-0.1, -0.05) is 78.4 Å². The second kappa shape index (κ2) is 11.0. The van der Waals surface area contributed by atoms with Crippen molar-refractivity contribution in [3.8, 4) is 5.75 Å². The molecule has 5 rings (SSSR count). The van der Waals surface area contributed by atoms with Crippen molar-refractivity contribution in [1.29, 1.82) is 0 Å². The summed E-state index contributed by atoms with van der Waals surface area (Å²) in [6.45, 7) is 1.38. The molecule has 5 aromatic carbocycles. The Bertz CT molecular complexity index is 1740. The molecule has 0 atom stereocenters. The lowest BCUT2D eigenvalue weighted by Gasteiger charge is -2.25. The van der Waals surface area contributed by atoms with Crippen molar-refractivity contribution >= 4 is 49.4 Å². The van der Waals surface area contributed by atoms with Crippen molar-refractivity contribution in [2.24, 2.45) is 5.10 Å². The zero-order chi connectivity index (χ0) is 27.4. The van der Waals surface area contributed by atoms with Gasteiger partial charge < -0.3 is 4.74 Å². The van der Waals surface area contributed by atoms with E-state index >= 15 is 0 Å². The van der Waals surface area contributed by atoms with E-state index in [4.69, 9.17) is 4.74 Å². The molecule has 5 aromatic rings. The fourth-order valence-corrected chi connectivity index (χ4v) is 5.93. The molecule has 0 aliphatic rings. The van der Waals surface area contributed by atoms with Crippen molar-refractivity contribution in [1.82, 2.24) is 5.43 Å². The Kier molecular flexibility index (Phi) is 7.29. The molecule has 1 amide bonds. The van der Waals surface area contributed by atoms with Crippen LogP contribution < -0.4 is 14.5 Å². The smallest absolute Gasteiger partial charge is 0.264 e. The monoisotopic (exact) mass is 537 g/mol. The zero-order valence-corrected chi connectivity index (χ0v) is 22.4. The van der Waals surface area contributed by atoms with Gasteiger partial charge in [0.25, 0.3) is 15.9 Å². The fraction of sp³-hybridized carbons (Fsp3) is 0.0968. The van der Waals surface area contributed by atoms with Gasteiger partial charge in [-0.2, -0.15) is 5.10 Å². The minimum absolute atomic E-state index is 0.0672. The van der Waals surface area contributed by atoms with Crippen molar-refractivity contribution in [2.75, 3.05) is 18.0 Å². The molecule has 0 heterocycles. The first-order valence-corrected chi connectivity index (χ1v) is 13.8. The van der Waals surface area contributed by atoms with Gasteiger partial charge in [-0.15, -0.1) is 0 Å². The number of ether oxygens (including phenoxy) is 1. The molecule has 0 aliphatic heterocycles. The first kappa shape index (κ1) is 25.9. The van der Waals surface area contributed by atoms with Gasteiger partial charge in [-0.25, -0.2) is 13.8 Å². The second-order valence-corrected chi connectivity index (χ2v) is 10.9. The summed E-state index contributed by atoms with van der Waals surface area (Å²) in [4.78, 5) is 13.2. The summed E-state index contributed by atoms with van der Waals surface area (Å²) in [5, 5.41) is 8.31. The lowest BCUT2D eigenvalue weighted by molar-refractivity contribution is -0.119. The zero-order valence-electron chi connectivity index (χ0n) is 21.5. The Morgan fingerprint density at radius 3 is 2.10 bits per heavy atom. The number of carbonyl (C=O) groups excluding carboxylic acids is 1. The maximum atomic E-state index is 13.7. The number of nitrogens with one attached hydrogen (secondary N) is 1. The number of aryl methyl sites for hydroxylation is 1. The van der Waals surface area contributed by atoms with Crippen LogP contribution in [0, 0.1) is 6.92 Å². The van der Waals surface area contributed by atoms with Gasteiger partial charge in [0.2, 0.25) is 0 Å². The van der Waals surface area contributed by atoms with Crippen LogP contribution in [-0.4, -0.2) is 34.2 Å². The standard InChI is InChI=1S/C31H27N3O4S/c1-22-15-17-25(18-16-22)39(36,37)34(29-13-7-8-14-30(29)38-2)21-31(35)33-32-20-28-26-11-5-3-9-23(26)19-24-10-4-6-12-27(24)28/h3-20H,21H2,1-2H3,(H,33,35)/b32-20-. The molecular formula is C31H27N3O4S. The molecule has 0 unspecified atom stereocenters. The number of carbonyl (C=O) groups is 1. The lowest BCUT2D eigenvalue weighted by atomic mass is 9.97. The van der Waals surface area contributed by atoms with E-state index in [0.717, 1.165) is 37.0 Å². The first-order valence-electron chi connectivity index (χ1n) is 12.3. The number of nitrogens with zero attached hydrogens (tertiary/aromatic N) is 2. The van der Waals surface area contributed by atoms with Crippen LogP contribution >= 0.6 is 0 Å². The molecule has 196 valence electrons. The van der Waals surface area contributed by atoms with E-state index in [0.29, 0.717) is 5.75 Å². The summed E-state index contributed by atoms with van der Waals surface area (Å²) in [5.41, 5.74) is 4.55. The summed E-state index contributed by atoms with van der Waals surface area (Å²) in [7, 11) is -2.64. The number of anilines is 1. The Hall–Kier alpha value is -4.69. The summed E-state index contributed by atoms with van der Waals surface area (Å²) >= 11 is 0. The predicted molar refractivity (Wildman–Crippen MR) is 156 cm³/mol. The molecule has 0 spiro atoms. The van der Waals surface area contributed by atoms with E-state index < -0.39 is 22.5 Å². The van der Waals surface area contributed by atoms with E-state index in [1.165, 1.54) is 19.2 Å².